The van der Waals surface area contributed by atoms with Crippen LogP contribution in [0.2, 0.25) is 0 Å². The van der Waals surface area contributed by atoms with Crippen LogP contribution >= 0.6 is 11.3 Å². The van der Waals surface area contributed by atoms with Gasteiger partial charge in [0.05, 0.1) is 23.8 Å². The van der Waals surface area contributed by atoms with Gasteiger partial charge in [0.1, 0.15) is 0 Å². The van der Waals surface area contributed by atoms with Gasteiger partial charge in [0.2, 0.25) is 0 Å². The summed E-state index contributed by atoms with van der Waals surface area (Å²) in [5.74, 6) is -0.0146. The number of hydrogen-bond acceptors (Lipinski definition) is 5. The average molecular weight is 399 g/mol. The third-order valence-corrected chi connectivity index (χ3v) is 6.08. The van der Waals surface area contributed by atoms with Crippen molar-refractivity contribution < 1.29 is 9.53 Å². The predicted octanol–water partition coefficient (Wildman–Crippen LogP) is 3.35. The number of morpholine rings is 1. The maximum atomic E-state index is 12.9. The molecule has 1 saturated heterocycles. The Labute approximate surface area is 169 Å². The molecule has 1 fully saturated rings. The number of amides is 1. The van der Waals surface area contributed by atoms with Crippen LogP contribution in [0.4, 0.5) is 0 Å². The topological polar surface area (TPSA) is 59.4 Å². The number of rotatable bonds is 5. The van der Waals surface area contributed by atoms with Crippen LogP contribution in [-0.2, 0) is 18.3 Å². The lowest BCUT2D eigenvalue weighted by atomic mass is 10.0. The molecular weight excluding hydrogens is 372 g/mol. The van der Waals surface area contributed by atoms with E-state index in [1.807, 2.05) is 50.1 Å². The highest BCUT2D eigenvalue weighted by Crippen LogP contribution is 2.38. The zero-order chi connectivity index (χ0) is 19.7. The third kappa shape index (κ3) is 3.97. The van der Waals surface area contributed by atoms with Crippen molar-refractivity contribution in [3.05, 3.63) is 52.7 Å². The molecule has 148 valence electrons. The molecule has 0 bridgehead atoms. The fourth-order valence-corrected chi connectivity index (χ4v) is 4.87. The van der Waals surface area contributed by atoms with Gasteiger partial charge in [0, 0.05) is 54.7 Å². The van der Waals surface area contributed by atoms with Crippen molar-refractivity contribution in [2.75, 3.05) is 19.7 Å². The van der Waals surface area contributed by atoms with Gasteiger partial charge in [-0.2, -0.15) is 5.10 Å². The lowest BCUT2D eigenvalue weighted by Crippen LogP contribution is -2.38. The predicted molar refractivity (Wildman–Crippen MR) is 112 cm³/mol. The lowest BCUT2D eigenvalue weighted by Gasteiger charge is -2.33. The highest BCUT2D eigenvalue weighted by molar-refractivity contribution is 7.21. The minimum absolute atomic E-state index is 0.0146. The molecule has 6 nitrogen and oxygen atoms in total. The Balaban J connectivity index is 1.64. The summed E-state index contributed by atoms with van der Waals surface area (Å²) in [5, 5.41) is 8.43. The summed E-state index contributed by atoms with van der Waals surface area (Å²) in [5.41, 5.74) is 2.21. The van der Waals surface area contributed by atoms with Crippen LogP contribution < -0.4 is 5.32 Å². The summed E-state index contributed by atoms with van der Waals surface area (Å²) in [6, 6.07) is 8.31. The molecule has 4 rings (SSSR count). The fourth-order valence-electron chi connectivity index (χ4n) is 3.71. The van der Waals surface area contributed by atoms with Gasteiger partial charge in [-0.15, -0.1) is 11.3 Å². The molecule has 1 amide bonds. The van der Waals surface area contributed by atoms with E-state index in [0.29, 0.717) is 6.61 Å². The molecule has 1 atom stereocenters. The van der Waals surface area contributed by atoms with E-state index in [1.165, 1.54) is 5.56 Å². The first-order valence-corrected chi connectivity index (χ1v) is 10.5. The largest absolute Gasteiger partial charge is 0.371 e. The van der Waals surface area contributed by atoms with E-state index in [2.05, 4.69) is 27.4 Å². The van der Waals surface area contributed by atoms with E-state index in [1.54, 1.807) is 11.3 Å². The average Bonchev–Trinajstić information content (AvgIpc) is 3.24. The van der Waals surface area contributed by atoms with Crippen LogP contribution in [0.3, 0.4) is 0 Å². The Morgan fingerprint density at radius 1 is 1.39 bits per heavy atom. The molecule has 1 N–H and O–H groups in total. The molecule has 0 unspecified atom stereocenters. The molecule has 0 radical (unpaired) electrons. The second kappa shape index (κ2) is 8.03. The summed E-state index contributed by atoms with van der Waals surface area (Å²) >= 11 is 1.55. The Kier molecular flexibility index (Phi) is 5.48. The molecule has 0 aliphatic carbocycles. The number of aryl methyl sites for hydroxylation is 1. The van der Waals surface area contributed by atoms with Gasteiger partial charge in [0.25, 0.3) is 5.91 Å². The van der Waals surface area contributed by atoms with Crippen LogP contribution in [0, 0.1) is 0 Å². The lowest BCUT2D eigenvalue weighted by molar-refractivity contribution is -0.0323. The van der Waals surface area contributed by atoms with Crippen molar-refractivity contribution in [1.82, 2.24) is 20.0 Å². The van der Waals surface area contributed by atoms with Gasteiger partial charge < -0.3 is 10.1 Å². The van der Waals surface area contributed by atoms with E-state index in [0.717, 1.165) is 40.2 Å². The van der Waals surface area contributed by atoms with Crippen LogP contribution in [0.1, 0.15) is 40.8 Å². The van der Waals surface area contributed by atoms with Crippen molar-refractivity contribution in [1.29, 1.82) is 0 Å². The van der Waals surface area contributed by atoms with Crippen molar-refractivity contribution in [2.45, 2.75) is 32.5 Å². The summed E-state index contributed by atoms with van der Waals surface area (Å²) in [6.45, 7) is 7.09. The van der Waals surface area contributed by atoms with Crippen molar-refractivity contribution >= 4 is 27.3 Å². The van der Waals surface area contributed by atoms with Gasteiger partial charge in [0.15, 0.2) is 0 Å². The number of nitrogens with zero attached hydrogens (tertiary/aromatic N) is 3. The van der Waals surface area contributed by atoms with E-state index < -0.39 is 0 Å². The van der Waals surface area contributed by atoms with Crippen LogP contribution in [-0.4, -0.2) is 46.3 Å². The molecule has 1 aliphatic rings. The number of carbonyl (C=O) groups is 1. The number of hydrogen-bond donors (Lipinski definition) is 1. The smallest absolute Gasteiger partial charge is 0.261 e. The molecule has 0 spiro atoms. The number of ether oxygens (including phenoxy) is 1. The van der Waals surface area contributed by atoms with Gasteiger partial charge in [-0.3, -0.25) is 14.4 Å². The standard InChI is InChI=1S/C21H26N4O2S/c1-14(2)23-21(26)20-19(16-6-4-5-7-18(16)28-20)17-13-25(8-9-27-17)12-15-10-22-24(3)11-15/h4-7,10-11,14,17H,8-9,12-13H2,1-3H3,(H,23,26)/t17-/m1/s1. The number of aromatic nitrogens is 2. The summed E-state index contributed by atoms with van der Waals surface area (Å²) in [7, 11) is 1.93. The van der Waals surface area contributed by atoms with Crippen LogP contribution in [0.25, 0.3) is 10.1 Å². The highest BCUT2D eigenvalue weighted by Gasteiger charge is 2.30. The molecule has 0 saturated carbocycles. The first-order valence-electron chi connectivity index (χ1n) is 9.65. The number of fused-ring (bicyclic) bond motifs is 1. The summed E-state index contributed by atoms with van der Waals surface area (Å²) in [4.78, 5) is 16.0. The minimum Gasteiger partial charge on any atom is -0.371 e. The molecule has 3 aromatic rings. The van der Waals surface area contributed by atoms with Gasteiger partial charge in [-0.05, 0) is 25.3 Å². The maximum absolute atomic E-state index is 12.9. The monoisotopic (exact) mass is 398 g/mol. The zero-order valence-corrected chi connectivity index (χ0v) is 17.3. The van der Waals surface area contributed by atoms with E-state index in [4.69, 9.17) is 4.74 Å². The fraction of sp³-hybridized carbons (Fsp3) is 0.429. The van der Waals surface area contributed by atoms with E-state index in [9.17, 15) is 4.79 Å². The Morgan fingerprint density at radius 3 is 2.96 bits per heavy atom. The highest BCUT2D eigenvalue weighted by atomic mass is 32.1. The first-order chi connectivity index (χ1) is 13.5. The molecule has 2 aromatic heterocycles. The van der Waals surface area contributed by atoms with Gasteiger partial charge >= 0.3 is 0 Å². The van der Waals surface area contributed by atoms with E-state index >= 15 is 0 Å². The normalized spacial score (nSPS) is 18.1. The Hall–Kier alpha value is -2.22. The molecule has 3 heterocycles. The van der Waals surface area contributed by atoms with Gasteiger partial charge in [-0.1, -0.05) is 18.2 Å². The SMILES string of the molecule is CC(C)NC(=O)c1sc2ccccc2c1[C@H]1CN(Cc2cnn(C)c2)CCO1. The second-order valence-corrected chi connectivity index (χ2v) is 8.64. The maximum Gasteiger partial charge on any atom is 0.261 e. The van der Waals surface area contributed by atoms with Gasteiger partial charge in [-0.25, -0.2) is 0 Å². The van der Waals surface area contributed by atoms with E-state index in [-0.39, 0.29) is 18.1 Å². The van der Waals surface area contributed by atoms with Crippen LogP contribution in [0.5, 0.6) is 0 Å². The molecule has 28 heavy (non-hydrogen) atoms. The minimum atomic E-state index is -0.116. The number of thiophene rings is 1. The van der Waals surface area contributed by atoms with Crippen LogP contribution in [0.15, 0.2) is 36.7 Å². The Morgan fingerprint density at radius 2 is 2.21 bits per heavy atom. The Bertz CT molecular complexity index is 978. The molecule has 1 aliphatic heterocycles. The quantitative estimate of drug-likeness (QED) is 0.716. The molecular formula is C21H26N4O2S. The summed E-state index contributed by atoms with van der Waals surface area (Å²) in [6.07, 6.45) is 3.84. The number of carbonyl (C=O) groups excluding carboxylic acids is 1. The number of nitrogens with one attached hydrogen (secondary N) is 1. The number of benzene rings is 1. The molecule has 1 aromatic carbocycles. The zero-order valence-electron chi connectivity index (χ0n) is 16.5. The third-order valence-electron chi connectivity index (χ3n) is 4.90. The van der Waals surface area contributed by atoms with Crippen molar-refractivity contribution in [3.63, 3.8) is 0 Å². The second-order valence-electron chi connectivity index (χ2n) is 7.59. The first kappa shape index (κ1) is 19.1. The van der Waals surface area contributed by atoms with Crippen molar-refractivity contribution in [3.8, 4) is 0 Å². The van der Waals surface area contributed by atoms with Crippen molar-refractivity contribution in [2.24, 2.45) is 7.05 Å². The molecule has 7 heteroatoms. The summed E-state index contributed by atoms with van der Waals surface area (Å²) < 4.78 is 9.12.